The summed E-state index contributed by atoms with van der Waals surface area (Å²) in [5.74, 6) is 9.40. The van der Waals surface area contributed by atoms with E-state index in [1.165, 1.54) is 96.3 Å². The highest BCUT2D eigenvalue weighted by Crippen LogP contribution is 2.41. The molecule has 4 fully saturated rings. The summed E-state index contributed by atoms with van der Waals surface area (Å²) in [4.78, 5) is 0. The topological polar surface area (TPSA) is 0 Å². The Morgan fingerprint density at radius 1 is 0.387 bits per heavy atom. The van der Waals surface area contributed by atoms with Crippen LogP contribution in [0.3, 0.4) is 0 Å². The van der Waals surface area contributed by atoms with Gasteiger partial charge in [0, 0.05) is 0 Å². The van der Waals surface area contributed by atoms with Gasteiger partial charge in [0.15, 0.2) is 0 Å². The molecule has 4 aliphatic carbocycles. The lowest BCUT2D eigenvalue weighted by Gasteiger charge is -2.36. The summed E-state index contributed by atoms with van der Waals surface area (Å²) in [6.45, 7) is 12.2. The van der Waals surface area contributed by atoms with Crippen molar-refractivity contribution < 1.29 is 0 Å². The number of hydrogen-bond donors (Lipinski definition) is 0. The van der Waals surface area contributed by atoms with E-state index in [1.54, 1.807) is 12.8 Å². The van der Waals surface area contributed by atoms with Crippen molar-refractivity contribution in [1.82, 2.24) is 0 Å². The van der Waals surface area contributed by atoms with Gasteiger partial charge in [0.05, 0.1) is 0 Å². The van der Waals surface area contributed by atoms with Crippen molar-refractivity contribution in [2.24, 2.45) is 53.3 Å². The maximum absolute atomic E-state index is 2.51. The predicted molar refractivity (Wildman–Crippen MR) is 138 cm³/mol. The van der Waals surface area contributed by atoms with Crippen LogP contribution in [0.15, 0.2) is 0 Å². The van der Waals surface area contributed by atoms with Crippen LogP contribution < -0.4 is 0 Å². The lowest BCUT2D eigenvalue weighted by Crippen LogP contribution is -2.25. The molecule has 4 saturated carbocycles. The van der Waals surface area contributed by atoms with Crippen molar-refractivity contribution in [3.63, 3.8) is 0 Å². The van der Waals surface area contributed by atoms with Gasteiger partial charge < -0.3 is 0 Å². The standard InChI is InChI=1S/C16H30.C15H28/c1-12-4-7-15(8-5-12)11-16-9-6-13(2)10-14(16)3;1-12-3-7-14(8-4-12)11-15-9-5-13(2)6-10-15/h12-16H,4-11H2,1-3H3;12-15H,3-11H2,1-2H3. The fourth-order valence-corrected chi connectivity index (χ4v) is 7.67. The van der Waals surface area contributed by atoms with E-state index < -0.39 is 0 Å². The van der Waals surface area contributed by atoms with Gasteiger partial charge in [-0.05, 0) is 78.9 Å². The van der Waals surface area contributed by atoms with Crippen LogP contribution >= 0.6 is 0 Å². The largest absolute Gasteiger partial charge is 0.0625 e. The average molecular weight is 431 g/mol. The highest BCUT2D eigenvalue weighted by Gasteiger charge is 2.29. The minimum Gasteiger partial charge on any atom is -0.0625 e. The summed E-state index contributed by atoms with van der Waals surface area (Å²) in [7, 11) is 0. The molecule has 0 heterocycles. The van der Waals surface area contributed by atoms with Crippen LogP contribution in [-0.2, 0) is 0 Å². The molecule has 0 spiro atoms. The van der Waals surface area contributed by atoms with Crippen LogP contribution in [0.1, 0.15) is 144 Å². The van der Waals surface area contributed by atoms with Gasteiger partial charge in [-0.15, -0.1) is 0 Å². The maximum Gasteiger partial charge on any atom is -0.0386 e. The molecule has 3 unspecified atom stereocenters. The molecule has 0 heteroatoms. The molecule has 4 aliphatic rings. The van der Waals surface area contributed by atoms with E-state index in [4.69, 9.17) is 0 Å². The first kappa shape index (κ1) is 25.6. The minimum atomic E-state index is 0.998. The van der Waals surface area contributed by atoms with E-state index in [2.05, 4.69) is 34.6 Å². The molecule has 0 amide bonds. The van der Waals surface area contributed by atoms with E-state index in [9.17, 15) is 0 Å². The zero-order chi connectivity index (χ0) is 22.2. The van der Waals surface area contributed by atoms with E-state index in [1.807, 2.05) is 0 Å². The monoisotopic (exact) mass is 430 g/mol. The van der Waals surface area contributed by atoms with Crippen molar-refractivity contribution in [3.05, 3.63) is 0 Å². The van der Waals surface area contributed by atoms with Crippen molar-refractivity contribution in [2.45, 2.75) is 144 Å². The normalized spacial score (nSPS) is 44.2. The van der Waals surface area contributed by atoms with Gasteiger partial charge in [0.1, 0.15) is 0 Å². The summed E-state index contributed by atoms with van der Waals surface area (Å²) in [6.07, 6.45) is 25.9. The first-order valence-corrected chi connectivity index (χ1v) is 14.9. The average Bonchev–Trinajstić information content (AvgIpc) is 2.75. The van der Waals surface area contributed by atoms with Gasteiger partial charge in [0.2, 0.25) is 0 Å². The summed E-state index contributed by atoms with van der Waals surface area (Å²) < 4.78 is 0. The van der Waals surface area contributed by atoms with Crippen LogP contribution in [0.25, 0.3) is 0 Å². The Hall–Kier alpha value is 0. The van der Waals surface area contributed by atoms with Crippen molar-refractivity contribution >= 4 is 0 Å². The zero-order valence-electron chi connectivity index (χ0n) is 22.2. The molecule has 31 heavy (non-hydrogen) atoms. The van der Waals surface area contributed by atoms with Gasteiger partial charge in [-0.1, -0.05) is 118 Å². The molecule has 0 aliphatic heterocycles. The van der Waals surface area contributed by atoms with E-state index in [0.717, 1.165) is 53.3 Å². The van der Waals surface area contributed by atoms with Crippen LogP contribution in [-0.4, -0.2) is 0 Å². The first-order chi connectivity index (χ1) is 14.9. The third-order valence-electron chi connectivity index (χ3n) is 10.3. The Morgan fingerprint density at radius 3 is 1.13 bits per heavy atom. The summed E-state index contributed by atoms with van der Waals surface area (Å²) in [6, 6.07) is 0. The lowest BCUT2D eigenvalue weighted by molar-refractivity contribution is 0.150. The third kappa shape index (κ3) is 9.04. The van der Waals surface area contributed by atoms with Crippen LogP contribution in [0.4, 0.5) is 0 Å². The molecular formula is C31H58. The van der Waals surface area contributed by atoms with E-state index >= 15 is 0 Å². The van der Waals surface area contributed by atoms with Gasteiger partial charge in [-0.2, -0.15) is 0 Å². The molecule has 0 aromatic heterocycles. The Morgan fingerprint density at radius 2 is 0.742 bits per heavy atom. The fourth-order valence-electron chi connectivity index (χ4n) is 7.67. The van der Waals surface area contributed by atoms with Gasteiger partial charge in [0.25, 0.3) is 0 Å². The SMILES string of the molecule is CC1CCC(CC2CCC(C)CC2)CC1.CC1CCC(CC2CCC(C)CC2C)CC1. The Labute approximate surface area is 197 Å². The van der Waals surface area contributed by atoms with Gasteiger partial charge in [-0.3, -0.25) is 0 Å². The molecule has 0 aromatic rings. The van der Waals surface area contributed by atoms with Crippen molar-refractivity contribution in [1.29, 1.82) is 0 Å². The van der Waals surface area contributed by atoms with Gasteiger partial charge in [-0.25, -0.2) is 0 Å². The van der Waals surface area contributed by atoms with Crippen LogP contribution in [0.5, 0.6) is 0 Å². The first-order valence-electron chi connectivity index (χ1n) is 14.9. The Bertz CT molecular complexity index is 436. The minimum absolute atomic E-state index is 0.998. The molecule has 4 rings (SSSR count). The predicted octanol–water partition coefficient (Wildman–Crippen LogP) is 10.3. The Balaban J connectivity index is 0.000000176. The molecule has 0 aromatic carbocycles. The van der Waals surface area contributed by atoms with Crippen LogP contribution in [0, 0.1) is 53.3 Å². The maximum atomic E-state index is 2.51. The lowest BCUT2D eigenvalue weighted by atomic mass is 9.69. The number of rotatable bonds is 4. The molecule has 0 nitrogen and oxygen atoms in total. The van der Waals surface area contributed by atoms with Crippen LogP contribution in [0.2, 0.25) is 0 Å². The fraction of sp³-hybridized carbons (Fsp3) is 1.00. The second-order valence-corrected chi connectivity index (χ2v) is 13.5. The zero-order valence-corrected chi connectivity index (χ0v) is 22.2. The van der Waals surface area contributed by atoms with Gasteiger partial charge >= 0.3 is 0 Å². The Kier molecular flexibility index (Phi) is 10.8. The summed E-state index contributed by atoms with van der Waals surface area (Å²) in [5.41, 5.74) is 0. The molecular weight excluding hydrogens is 372 g/mol. The van der Waals surface area contributed by atoms with E-state index in [-0.39, 0.29) is 0 Å². The highest BCUT2D eigenvalue weighted by molar-refractivity contribution is 4.80. The molecule has 182 valence electrons. The second kappa shape index (κ2) is 13.0. The summed E-state index contributed by atoms with van der Waals surface area (Å²) in [5, 5.41) is 0. The molecule has 3 atom stereocenters. The van der Waals surface area contributed by atoms with Crippen molar-refractivity contribution in [3.8, 4) is 0 Å². The molecule has 0 bridgehead atoms. The summed E-state index contributed by atoms with van der Waals surface area (Å²) >= 11 is 0. The van der Waals surface area contributed by atoms with Crippen molar-refractivity contribution in [2.75, 3.05) is 0 Å². The van der Waals surface area contributed by atoms with E-state index in [0.29, 0.717) is 0 Å². The quantitative estimate of drug-likeness (QED) is 0.416. The third-order valence-corrected chi connectivity index (χ3v) is 10.3. The number of hydrogen-bond acceptors (Lipinski definition) is 0. The molecule has 0 N–H and O–H groups in total. The molecule has 0 radical (unpaired) electrons. The molecule has 0 saturated heterocycles. The highest BCUT2D eigenvalue weighted by atomic mass is 14.3. The smallest absolute Gasteiger partial charge is 0.0386 e. The second-order valence-electron chi connectivity index (χ2n) is 13.5.